The SMILES string of the molecule is COc1ccccc1Cc1noc([C@@H](N)Cc2ccccc2)n1. The third kappa shape index (κ3) is 3.76. The van der Waals surface area contributed by atoms with Crippen LogP contribution in [0.1, 0.15) is 28.9 Å². The maximum atomic E-state index is 6.17. The summed E-state index contributed by atoms with van der Waals surface area (Å²) in [6, 6.07) is 17.5. The smallest absolute Gasteiger partial charge is 0.243 e. The first-order chi connectivity index (χ1) is 11.3. The minimum Gasteiger partial charge on any atom is -0.496 e. The van der Waals surface area contributed by atoms with E-state index in [0.717, 1.165) is 16.9 Å². The Morgan fingerprint density at radius 2 is 1.83 bits per heavy atom. The molecule has 5 nitrogen and oxygen atoms in total. The predicted molar refractivity (Wildman–Crippen MR) is 87.2 cm³/mol. The Labute approximate surface area is 135 Å². The summed E-state index contributed by atoms with van der Waals surface area (Å²) in [6.07, 6.45) is 1.21. The number of methoxy groups -OCH3 is 1. The molecule has 2 N–H and O–H groups in total. The number of hydrogen-bond acceptors (Lipinski definition) is 5. The lowest BCUT2D eigenvalue weighted by atomic mass is 10.1. The topological polar surface area (TPSA) is 74.2 Å². The minimum atomic E-state index is -0.309. The Morgan fingerprint density at radius 3 is 2.61 bits per heavy atom. The maximum absolute atomic E-state index is 6.17. The summed E-state index contributed by atoms with van der Waals surface area (Å²) in [7, 11) is 1.65. The summed E-state index contributed by atoms with van der Waals surface area (Å²) in [5, 5.41) is 4.03. The minimum absolute atomic E-state index is 0.309. The van der Waals surface area contributed by atoms with Gasteiger partial charge < -0.3 is 15.0 Å². The number of benzene rings is 2. The van der Waals surface area contributed by atoms with Crippen LogP contribution in [0.5, 0.6) is 5.75 Å². The average Bonchev–Trinajstić information content (AvgIpc) is 3.05. The van der Waals surface area contributed by atoms with Crippen LogP contribution in [-0.2, 0) is 12.8 Å². The van der Waals surface area contributed by atoms with Crippen LogP contribution in [0.4, 0.5) is 0 Å². The molecule has 0 aliphatic heterocycles. The van der Waals surface area contributed by atoms with E-state index in [1.807, 2.05) is 54.6 Å². The van der Waals surface area contributed by atoms with Crippen LogP contribution < -0.4 is 10.5 Å². The first-order valence-corrected chi connectivity index (χ1v) is 7.50. The molecule has 1 aromatic heterocycles. The van der Waals surface area contributed by atoms with Crippen LogP contribution in [-0.4, -0.2) is 17.3 Å². The van der Waals surface area contributed by atoms with Crippen molar-refractivity contribution >= 4 is 0 Å². The second-order valence-electron chi connectivity index (χ2n) is 5.33. The van der Waals surface area contributed by atoms with Gasteiger partial charge in [-0.05, 0) is 18.1 Å². The van der Waals surface area contributed by atoms with Gasteiger partial charge in [-0.1, -0.05) is 53.7 Å². The molecule has 23 heavy (non-hydrogen) atoms. The summed E-state index contributed by atoms with van der Waals surface area (Å²) in [5.41, 5.74) is 8.32. The van der Waals surface area contributed by atoms with E-state index in [2.05, 4.69) is 10.1 Å². The molecule has 0 aliphatic carbocycles. The van der Waals surface area contributed by atoms with E-state index in [9.17, 15) is 0 Å². The second kappa shape index (κ2) is 7.07. The van der Waals surface area contributed by atoms with Crippen molar-refractivity contribution in [3.63, 3.8) is 0 Å². The number of hydrogen-bond donors (Lipinski definition) is 1. The summed E-state index contributed by atoms with van der Waals surface area (Å²) in [5.74, 6) is 1.87. The molecular weight excluding hydrogens is 290 g/mol. The molecule has 3 rings (SSSR count). The third-order valence-electron chi connectivity index (χ3n) is 3.64. The van der Waals surface area contributed by atoms with Gasteiger partial charge in [0, 0.05) is 12.0 Å². The molecule has 0 spiro atoms. The lowest BCUT2D eigenvalue weighted by Crippen LogP contribution is -2.13. The van der Waals surface area contributed by atoms with E-state index in [1.54, 1.807) is 7.11 Å². The highest BCUT2D eigenvalue weighted by Crippen LogP contribution is 2.21. The third-order valence-corrected chi connectivity index (χ3v) is 3.64. The highest BCUT2D eigenvalue weighted by molar-refractivity contribution is 5.35. The highest BCUT2D eigenvalue weighted by atomic mass is 16.5. The Balaban J connectivity index is 1.70. The molecule has 1 heterocycles. The number of rotatable bonds is 6. The van der Waals surface area contributed by atoms with Gasteiger partial charge in [0.25, 0.3) is 0 Å². The van der Waals surface area contributed by atoms with Gasteiger partial charge in [-0.25, -0.2) is 0 Å². The fraction of sp³-hybridized carbons (Fsp3) is 0.222. The van der Waals surface area contributed by atoms with Crippen molar-refractivity contribution in [2.45, 2.75) is 18.9 Å². The lowest BCUT2D eigenvalue weighted by Gasteiger charge is -2.06. The van der Waals surface area contributed by atoms with Crippen molar-refractivity contribution in [1.82, 2.24) is 10.1 Å². The Morgan fingerprint density at radius 1 is 1.09 bits per heavy atom. The molecule has 0 bridgehead atoms. The van der Waals surface area contributed by atoms with Gasteiger partial charge >= 0.3 is 0 Å². The van der Waals surface area contributed by atoms with Gasteiger partial charge in [0.2, 0.25) is 5.89 Å². The molecule has 0 aliphatic rings. The first kappa shape index (κ1) is 15.2. The van der Waals surface area contributed by atoms with E-state index >= 15 is 0 Å². The second-order valence-corrected chi connectivity index (χ2v) is 5.33. The van der Waals surface area contributed by atoms with E-state index in [1.165, 1.54) is 0 Å². The van der Waals surface area contributed by atoms with Crippen molar-refractivity contribution in [1.29, 1.82) is 0 Å². The average molecular weight is 309 g/mol. The molecule has 2 aromatic carbocycles. The highest BCUT2D eigenvalue weighted by Gasteiger charge is 2.16. The summed E-state index contributed by atoms with van der Waals surface area (Å²) in [4.78, 5) is 4.42. The van der Waals surface area contributed by atoms with Crippen LogP contribution in [0.3, 0.4) is 0 Å². The van der Waals surface area contributed by atoms with Crippen molar-refractivity contribution in [3.05, 3.63) is 77.4 Å². The molecule has 1 atom stereocenters. The zero-order valence-corrected chi connectivity index (χ0v) is 13.0. The molecule has 5 heteroatoms. The van der Waals surface area contributed by atoms with Crippen molar-refractivity contribution in [2.75, 3.05) is 7.11 Å². The predicted octanol–water partition coefficient (Wildman–Crippen LogP) is 2.91. The molecule has 0 unspecified atom stereocenters. The molecule has 0 fully saturated rings. The van der Waals surface area contributed by atoms with Crippen LogP contribution in [0.25, 0.3) is 0 Å². The van der Waals surface area contributed by atoms with E-state index in [0.29, 0.717) is 24.6 Å². The first-order valence-electron chi connectivity index (χ1n) is 7.50. The number of nitrogens with two attached hydrogens (primary N) is 1. The Hall–Kier alpha value is -2.66. The fourth-order valence-electron chi connectivity index (χ4n) is 2.46. The van der Waals surface area contributed by atoms with Gasteiger partial charge in [-0.2, -0.15) is 4.98 Å². The van der Waals surface area contributed by atoms with Crippen LogP contribution in [0, 0.1) is 0 Å². The van der Waals surface area contributed by atoms with Gasteiger partial charge in [-0.3, -0.25) is 0 Å². The summed E-state index contributed by atoms with van der Waals surface area (Å²) >= 11 is 0. The maximum Gasteiger partial charge on any atom is 0.243 e. The zero-order chi connectivity index (χ0) is 16.1. The van der Waals surface area contributed by atoms with Crippen LogP contribution >= 0.6 is 0 Å². The van der Waals surface area contributed by atoms with Gasteiger partial charge in [0.1, 0.15) is 5.75 Å². The van der Waals surface area contributed by atoms with Crippen molar-refractivity contribution in [3.8, 4) is 5.75 Å². The molecule has 0 radical (unpaired) electrons. The largest absolute Gasteiger partial charge is 0.496 e. The van der Waals surface area contributed by atoms with Crippen molar-refractivity contribution in [2.24, 2.45) is 5.73 Å². The van der Waals surface area contributed by atoms with E-state index in [-0.39, 0.29) is 6.04 Å². The monoisotopic (exact) mass is 309 g/mol. The Bertz CT molecular complexity index is 756. The van der Waals surface area contributed by atoms with Gasteiger partial charge in [0.15, 0.2) is 5.82 Å². The molecule has 118 valence electrons. The quantitative estimate of drug-likeness (QED) is 0.758. The van der Waals surface area contributed by atoms with Crippen LogP contribution in [0.15, 0.2) is 59.1 Å². The number of ether oxygens (including phenoxy) is 1. The number of para-hydroxylation sites is 1. The summed E-state index contributed by atoms with van der Waals surface area (Å²) < 4.78 is 10.7. The number of nitrogens with zero attached hydrogens (tertiary/aromatic N) is 2. The van der Waals surface area contributed by atoms with Crippen molar-refractivity contribution < 1.29 is 9.26 Å². The lowest BCUT2D eigenvalue weighted by molar-refractivity contribution is 0.350. The van der Waals surface area contributed by atoms with E-state index in [4.69, 9.17) is 15.0 Å². The van der Waals surface area contributed by atoms with E-state index < -0.39 is 0 Å². The summed E-state index contributed by atoms with van der Waals surface area (Å²) in [6.45, 7) is 0. The standard InChI is InChI=1S/C18H19N3O2/c1-22-16-10-6-5-9-14(16)12-17-20-18(23-21-17)15(19)11-13-7-3-2-4-8-13/h2-10,15H,11-12,19H2,1H3/t15-/m0/s1. The number of aromatic nitrogens is 2. The molecule has 0 saturated heterocycles. The molecule has 3 aromatic rings. The fourth-order valence-corrected chi connectivity index (χ4v) is 2.46. The molecule has 0 amide bonds. The normalized spacial score (nSPS) is 12.1. The van der Waals surface area contributed by atoms with Gasteiger partial charge in [0.05, 0.1) is 13.2 Å². The molecular formula is C18H19N3O2. The van der Waals surface area contributed by atoms with Crippen LogP contribution in [0.2, 0.25) is 0 Å². The zero-order valence-electron chi connectivity index (χ0n) is 13.0. The molecule has 0 saturated carbocycles. The Kier molecular flexibility index (Phi) is 4.68. The van der Waals surface area contributed by atoms with Gasteiger partial charge in [-0.15, -0.1) is 0 Å².